The van der Waals surface area contributed by atoms with Gasteiger partial charge in [0.15, 0.2) is 9.84 Å². The van der Waals surface area contributed by atoms with Gasteiger partial charge in [-0.15, -0.1) is 0 Å². The molecule has 0 unspecified atom stereocenters. The maximum Gasteiger partial charge on any atom is 0.165 e. The molecule has 0 amide bonds. The Labute approximate surface area is 93.3 Å². The van der Waals surface area contributed by atoms with Crippen molar-refractivity contribution in [2.75, 3.05) is 6.26 Å². The van der Waals surface area contributed by atoms with Gasteiger partial charge in [-0.05, 0) is 12.1 Å². The van der Waals surface area contributed by atoms with E-state index in [2.05, 4.69) is 4.98 Å². The van der Waals surface area contributed by atoms with E-state index >= 15 is 0 Å². The molecule has 0 bridgehead atoms. The lowest BCUT2D eigenvalue weighted by Gasteiger charge is -2.04. The first-order valence-corrected chi connectivity index (χ1v) is 6.78. The molecule has 0 aliphatic rings. The van der Waals surface area contributed by atoms with Crippen LogP contribution in [-0.2, 0) is 22.3 Å². The van der Waals surface area contributed by atoms with E-state index in [0.29, 0.717) is 5.69 Å². The van der Waals surface area contributed by atoms with Gasteiger partial charge in [-0.25, -0.2) is 8.42 Å². The molecule has 2 heterocycles. The molecule has 0 saturated carbocycles. The molecule has 0 radical (unpaired) electrons. The average Bonchev–Trinajstić information content (AvgIpc) is 2.58. The molecule has 16 heavy (non-hydrogen) atoms. The van der Waals surface area contributed by atoms with Crippen LogP contribution in [-0.4, -0.2) is 29.3 Å². The van der Waals surface area contributed by atoms with Crippen molar-refractivity contribution >= 4 is 20.7 Å². The monoisotopic (exact) mass is 240 g/mol. The largest absolute Gasteiger partial charge is 0.390 e. The van der Waals surface area contributed by atoms with Crippen molar-refractivity contribution in [3.05, 3.63) is 30.2 Å². The molecule has 0 aromatic carbocycles. The molecule has 2 aromatic heterocycles. The fraction of sp³-hybridized carbons (Fsp3) is 0.300. The first-order valence-electron chi connectivity index (χ1n) is 4.72. The Kier molecular flexibility index (Phi) is 2.69. The second-order valence-electron chi connectivity index (χ2n) is 3.73. The van der Waals surface area contributed by atoms with Crippen LogP contribution in [0, 0.1) is 0 Å². The fourth-order valence-corrected chi connectivity index (χ4v) is 2.31. The van der Waals surface area contributed by atoms with Crippen LogP contribution >= 0.6 is 0 Å². The minimum Gasteiger partial charge on any atom is -0.390 e. The molecule has 86 valence electrons. The Balaban J connectivity index is 2.54. The molecule has 1 N–H and O–H groups in total. The van der Waals surface area contributed by atoms with Gasteiger partial charge in [0, 0.05) is 24.0 Å². The van der Waals surface area contributed by atoms with Gasteiger partial charge in [-0.2, -0.15) is 0 Å². The van der Waals surface area contributed by atoms with Gasteiger partial charge in [0.2, 0.25) is 0 Å². The van der Waals surface area contributed by atoms with Crippen molar-refractivity contribution in [2.45, 2.75) is 12.5 Å². The highest BCUT2D eigenvalue weighted by Gasteiger charge is 2.08. The summed E-state index contributed by atoms with van der Waals surface area (Å²) in [5.41, 5.74) is 1.30. The van der Waals surface area contributed by atoms with Gasteiger partial charge >= 0.3 is 0 Å². The number of pyridine rings is 1. The Morgan fingerprint density at radius 3 is 2.88 bits per heavy atom. The smallest absolute Gasteiger partial charge is 0.165 e. The summed E-state index contributed by atoms with van der Waals surface area (Å²) in [5, 5.41) is 9.83. The zero-order valence-corrected chi connectivity index (χ0v) is 9.61. The fourth-order valence-electron chi connectivity index (χ4n) is 1.58. The molecule has 5 nitrogen and oxygen atoms in total. The zero-order chi connectivity index (χ0) is 11.8. The summed E-state index contributed by atoms with van der Waals surface area (Å²) in [6, 6.07) is 3.50. The lowest BCUT2D eigenvalue weighted by atomic mass is 10.3. The molecule has 0 atom stereocenters. The van der Waals surface area contributed by atoms with E-state index in [0.717, 1.165) is 10.9 Å². The van der Waals surface area contributed by atoms with Crippen LogP contribution in [0.2, 0.25) is 0 Å². The van der Waals surface area contributed by atoms with Crippen LogP contribution < -0.4 is 0 Å². The number of hydrogen-bond donors (Lipinski definition) is 1. The van der Waals surface area contributed by atoms with Gasteiger partial charge in [-0.3, -0.25) is 4.98 Å². The Hall–Kier alpha value is -1.40. The van der Waals surface area contributed by atoms with Gasteiger partial charge in [-0.1, -0.05) is 0 Å². The summed E-state index contributed by atoms with van der Waals surface area (Å²) in [4.78, 5) is 4.02. The predicted molar refractivity (Wildman–Crippen MR) is 60.5 cm³/mol. The standard InChI is InChI=1S/C10H12N2O3S/c1-16(14,15)7-12-3-2-8-5-11-9(6-13)4-10(8)12/h2-5,13H,6-7H2,1H3. The summed E-state index contributed by atoms with van der Waals surface area (Å²) >= 11 is 0. The quantitative estimate of drug-likeness (QED) is 0.849. The van der Waals surface area contributed by atoms with E-state index in [1.807, 2.05) is 0 Å². The molecule has 2 rings (SSSR count). The summed E-state index contributed by atoms with van der Waals surface area (Å²) in [5.74, 6) is -0.0641. The van der Waals surface area contributed by atoms with Crippen LogP contribution in [0.3, 0.4) is 0 Å². The SMILES string of the molecule is CS(=O)(=O)Cn1ccc2cnc(CO)cc21. The first kappa shape index (κ1) is 11.1. The molecule has 0 saturated heterocycles. The summed E-state index contributed by atoms with van der Waals surface area (Å²) in [6.07, 6.45) is 4.52. The number of aliphatic hydroxyl groups excluding tert-OH is 1. The average molecular weight is 240 g/mol. The van der Waals surface area contributed by atoms with Crippen LogP contribution in [0.1, 0.15) is 5.69 Å². The van der Waals surface area contributed by atoms with Gasteiger partial charge in [0.1, 0.15) is 5.88 Å². The topological polar surface area (TPSA) is 72.2 Å². The van der Waals surface area contributed by atoms with Crippen LogP contribution in [0.5, 0.6) is 0 Å². The third kappa shape index (κ3) is 2.23. The second kappa shape index (κ2) is 3.88. The second-order valence-corrected chi connectivity index (χ2v) is 5.84. The van der Waals surface area contributed by atoms with Crippen LogP contribution in [0.15, 0.2) is 24.5 Å². The molecular weight excluding hydrogens is 228 g/mol. The Morgan fingerprint density at radius 2 is 2.25 bits per heavy atom. The van der Waals surface area contributed by atoms with E-state index < -0.39 is 9.84 Å². The third-order valence-corrected chi connectivity index (χ3v) is 2.99. The Morgan fingerprint density at radius 1 is 1.50 bits per heavy atom. The molecule has 2 aromatic rings. The number of rotatable bonds is 3. The van der Waals surface area contributed by atoms with E-state index in [4.69, 9.17) is 5.11 Å². The number of sulfone groups is 1. The van der Waals surface area contributed by atoms with E-state index in [1.54, 1.807) is 29.1 Å². The number of fused-ring (bicyclic) bond motifs is 1. The summed E-state index contributed by atoms with van der Waals surface area (Å²) < 4.78 is 24.1. The molecule has 0 aliphatic carbocycles. The van der Waals surface area contributed by atoms with E-state index in [1.165, 1.54) is 6.26 Å². The number of nitrogens with zero attached hydrogens (tertiary/aromatic N) is 2. The van der Waals surface area contributed by atoms with Crippen molar-refractivity contribution in [3.63, 3.8) is 0 Å². The lowest BCUT2D eigenvalue weighted by molar-refractivity contribution is 0.277. The summed E-state index contributed by atoms with van der Waals surface area (Å²) in [6.45, 7) is -0.153. The predicted octanol–water partition coefficient (Wildman–Crippen LogP) is 0.531. The molecule has 0 fully saturated rings. The molecule has 0 aliphatic heterocycles. The van der Waals surface area contributed by atoms with E-state index in [-0.39, 0.29) is 12.5 Å². The maximum atomic E-state index is 11.2. The number of aromatic nitrogens is 2. The zero-order valence-electron chi connectivity index (χ0n) is 8.79. The van der Waals surface area contributed by atoms with Gasteiger partial charge in [0.05, 0.1) is 17.8 Å². The first-order chi connectivity index (χ1) is 7.49. The van der Waals surface area contributed by atoms with Crippen molar-refractivity contribution < 1.29 is 13.5 Å². The van der Waals surface area contributed by atoms with Gasteiger partial charge < -0.3 is 9.67 Å². The number of hydrogen-bond acceptors (Lipinski definition) is 4. The normalized spacial score (nSPS) is 12.1. The van der Waals surface area contributed by atoms with Crippen molar-refractivity contribution in [1.82, 2.24) is 9.55 Å². The van der Waals surface area contributed by atoms with Gasteiger partial charge in [0.25, 0.3) is 0 Å². The van der Waals surface area contributed by atoms with Crippen molar-refractivity contribution in [2.24, 2.45) is 0 Å². The molecular formula is C10H12N2O3S. The highest BCUT2D eigenvalue weighted by molar-refractivity contribution is 7.89. The highest BCUT2D eigenvalue weighted by Crippen LogP contribution is 2.16. The molecule has 6 heteroatoms. The molecule has 0 spiro atoms. The van der Waals surface area contributed by atoms with E-state index in [9.17, 15) is 8.42 Å². The summed E-state index contributed by atoms with van der Waals surface area (Å²) in [7, 11) is -3.08. The van der Waals surface area contributed by atoms with Crippen LogP contribution in [0.25, 0.3) is 10.9 Å². The minimum atomic E-state index is -3.08. The van der Waals surface area contributed by atoms with Crippen molar-refractivity contribution in [1.29, 1.82) is 0 Å². The number of aliphatic hydroxyl groups is 1. The van der Waals surface area contributed by atoms with Crippen LogP contribution in [0.4, 0.5) is 0 Å². The third-order valence-electron chi connectivity index (χ3n) is 2.25. The highest BCUT2D eigenvalue weighted by atomic mass is 32.2. The lowest BCUT2D eigenvalue weighted by Crippen LogP contribution is -2.07. The maximum absolute atomic E-state index is 11.2. The minimum absolute atomic E-state index is 0.0641. The Bertz CT molecular complexity index is 616. The van der Waals surface area contributed by atoms with Crippen molar-refractivity contribution in [3.8, 4) is 0 Å².